The SMILES string of the molecule is CSc1ccccc1NC(=O)CCN1CCC(C(=O)NCCc2ccccc2F)CC1. The molecule has 2 amide bonds. The summed E-state index contributed by atoms with van der Waals surface area (Å²) in [6.07, 6.45) is 4.48. The summed E-state index contributed by atoms with van der Waals surface area (Å²) in [5.41, 5.74) is 1.47. The van der Waals surface area contributed by atoms with Crippen LogP contribution in [0.25, 0.3) is 0 Å². The third kappa shape index (κ3) is 7.08. The number of carbonyl (C=O) groups excluding carboxylic acids is 2. The molecule has 2 aromatic carbocycles. The number of piperidine rings is 1. The third-order valence-corrected chi connectivity index (χ3v) is 6.44. The van der Waals surface area contributed by atoms with E-state index in [9.17, 15) is 14.0 Å². The van der Waals surface area contributed by atoms with Crippen LogP contribution in [0.1, 0.15) is 24.8 Å². The van der Waals surface area contributed by atoms with Crippen LogP contribution >= 0.6 is 11.8 Å². The average Bonchev–Trinajstić information content (AvgIpc) is 2.79. The lowest BCUT2D eigenvalue weighted by molar-refractivity contribution is -0.126. The van der Waals surface area contributed by atoms with Crippen LogP contribution in [-0.4, -0.2) is 49.1 Å². The summed E-state index contributed by atoms with van der Waals surface area (Å²) in [6.45, 7) is 2.74. The molecular weight excluding hydrogens is 413 g/mol. The van der Waals surface area contributed by atoms with Gasteiger partial charge in [0.1, 0.15) is 5.82 Å². The van der Waals surface area contributed by atoms with E-state index in [4.69, 9.17) is 0 Å². The molecule has 1 aliphatic heterocycles. The molecule has 0 aromatic heterocycles. The Bertz CT molecular complexity index is 885. The minimum Gasteiger partial charge on any atom is -0.356 e. The number of hydrogen-bond donors (Lipinski definition) is 2. The lowest BCUT2D eigenvalue weighted by Crippen LogP contribution is -2.41. The second-order valence-electron chi connectivity index (χ2n) is 7.75. The molecule has 5 nitrogen and oxygen atoms in total. The van der Waals surface area contributed by atoms with Crippen LogP contribution in [0.15, 0.2) is 53.4 Å². The van der Waals surface area contributed by atoms with Gasteiger partial charge in [-0.05, 0) is 62.4 Å². The summed E-state index contributed by atoms with van der Waals surface area (Å²) < 4.78 is 13.7. The zero-order valence-electron chi connectivity index (χ0n) is 17.9. The quantitative estimate of drug-likeness (QED) is 0.576. The molecule has 2 aromatic rings. The van der Waals surface area contributed by atoms with Gasteiger partial charge in [0.05, 0.1) is 5.69 Å². The number of halogens is 1. The van der Waals surface area contributed by atoms with Gasteiger partial charge in [0.15, 0.2) is 0 Å². The van der Waals surface area contributed by atoms with Crippen molar-refractivity contribution in [3.05, 3.63) is 59.9 Å². The van der Waals surface area contributed by atoms with Crippen LogP contribution in [0, 0.1) is 11.7 Å². The van der Waals surface area contributed by atoms with Crippen molar-refractivity contribution in [2.45, 2.75) is 30.6 Å². The molecule has 1 saturated heterocycles. The maximum atomic E-state index is 13.7. The fourth-order valence-electron chi connectivity index (χ4n) is 3.80. The first-order chi connectivity index (χ1) is 15.1. The van der Waals surface area contributed by atoms with Crippen molar-refractivity contribution in [1.29, 1.82) is 0 Å². The smallest absolute Gasteiger partial charge is 0.225 e. The van der Waals surface area contributed by atoms with E-state index in [-0.39, 0.29) is 23.5 Å². The Morgan fingerprint density at radius 3 is 2.55 bits per heavy atom. The van der Waals surface area contributed by atoms with E-state index < -0.39 is 0 Å². The predicted molar refractivity (Wildman–Crippen MR) is 124 cm³/mol. The molecule has 0 saturated carbocycles. The van der Waals surface area contributed by atoms with Gasteiger partial charge in [-0.1, -0.05) is 30.3 Å². The van der Waals surface area contributed by atoms with Crippen LogP contribution in [0.4, 0.5) is 10.1 Å². The van der Waals surface area contributed by atoms with E-state index in [0.29, 0.717) is 31.5 Å². The Morgan fingerprint density at radius 2 is 1.81 bits per heavy atom. The molecule has 0 atom stereocenters. The monoisotopic (exact) mass is 443 g/mol. The van der Waals surface area contributed by atoms with Crippen molar-refractivity contribution in [3.8, 4) is 0 Å². The van der Waals surface area contributed by atoms with E-state index in [1.165, 1.54) is 6.07 Å². The minimum absolute atomic E-state index is 0.00881. The van der Waals surface area contributed by atoms with Crippen LogP contribution in [0.5, 0.6) is 0 Å². The molecule has 7 heteroatoms. The first-order valence-electron chi connectivity index (χ1n) is 10.7. The van der Waals surface area contributed by atoms with Gasteiger partial charge in [-0.15, -0.1) is 11.8 Å². The number of likely N-dealkylation sites (tertiary alicyclic amines) is 1. The fraction of sp³-hybridized carbons (Fsp3) is 0.417. The molecule has 0 unspecified atom stereocenters. The topological polar surface area (TPSA) is 61.4 Å². The zero-order valence-corrected chi connectivity index (χ0v) is 18.7. The van der Waals surface area contributed by atoms with Crippen LogP contribution < -0.4 is 10.6 Å². The number of nitrogens with one attached hydrogen (secondary N) is 2. The number of benzene rings is 2. The molecule has 0 bridgehead atoms. The van der Waals surface area contributed by atoms with Crippen LogP contribution in [0.3, 0.4) is 0 Å². The maximum absolute atomic E-state index is 13.7. The van der Waals surface area contributed by atoms with Crippen molar-refractivity contribution in [2.75, 3.05) is 37.8 Å². The van der Waals surface area contributed by atoms with Gasteiger partial charge in [-0.25, -0.2) is 4.39 Å². The maximum Gasteiger partial charge on any atom is 0.225 e. The van der Waals surface area contributed by atoms with E-state index in [2.05, 4.69) is 15.5 Å². The molecule has 1 aliphatic rings. The second-order valence-corrected chi connectivity index (χ2v) is 8.59. The van der Waals surface area contributed by atoms with Crippen LogP contribution in [0.2, 0.25) is 0 Å². The highest BCUT2D eigenvalue weighted by molar-refractivity contribution is 7.98. The van der Waals surface area contributed by atoms with Gasteiger partial charge in [-0.3, -0.25) is 9.59 Å². The third-order valence-electron chi connectivity index (χ3n) is 5.65. The van der Waals surface area contributed by atoms with E-state index in [1.54, 1.807) is 30.0 Å². The number of anilines is 1. The molecule has 2 N–H and O–H groups in total. The van der Waals surface area contributed by atoms with E-state index >= 15 is 0 Å². The molecule has 3 rings (SSSR count). The molecule has 166 valence electrons. The number of rotatable bonds is 9. The summed E-state index contributed by atoms with van der Waals surface area (Å²) in [4.78, 5) is 28.0. The molecule has 31 heavy (non-hydrogen) atoms. The van der Waals surface area contributed by atoms with Gasteiger partial charge >= 0.3 is 0 Å². The first-order valence-corrected chi connectivity index (χ1v) is 12.0. The summed E-state index contributed by atoms with van der Waals surface area (Å²) in [7, 11) is 0. The molecule has 0 spiro atoms. The van der Waals surface area contributed by atoms with Crippen molar-refractivity contribution >= 4 is 29.3 Å². The summed E-state index contributed by atoms with van der Waals surface area (Å²) in [5.74, 6) is -0.193. The van der Waals surface area contributed by atoms with E-state index in [0.717, 1.165) is 36.5 Å². The highest BCUT2D eigenvalue weighted by atomic mass is 32.2. The zero-order chi connectivity index (χ0) is 22.1. The Morgan fingerprint density at radius 1 is 1.10 bits per heavy atom. The lowest BCUT2D eigenvalue weighted by Gasteiger charge is -2.31. The largest absolute Gasteiger partial charge is 0.356 e. The molecule has 0 aliphatic carbocycles. The van der Waals surface area contributed by atoms with Gasteiger partial charge in [0.25, 0.3) is 0 Å². The van der Waals surface area contributed by atoms with Gasteiger partial charge in [-0.2, -0.15) is 0 Å². The molecule has 0 radical (unpaired) electrons. The number of para-hydroxylation sites is 1. The van der Waals surface area contributed by atoms with Crippen molar-refractivity contribution in [2.24, 2.45) is 5.92 Å². The number of thioether (sulfide) groups is 1. The van der Waals surface area contributed by atoms with Crippen molar-refractivity contribution in [1.82, 2.24) is 10.2 Å². The lowest BCUT2D eigenvalue weighted by atomic mass is 9.95. The highest BCUT2D eigenvalue weighted by Crippen LogP contribution is 2.24. The van der Waals surface area contributed by atoms with Gasteiger partial charge in [0.2, 0.25) is 11.8 Å². The first kappa shape index (κ1) is 23.3. The number of amides is 2. The highest BCUT2D eigenvalue weighted by Gasteiger charge is 2.25. The Kier molecular flexibility index (Phi) is 8.91. The number of nitrogens with zero attached hydrogens (tertiary/aromatic N) is 1. The van der Waals surface area contributed by atoms with Gasteiger partial charge < -0.3 is 15.5 Å². The Hall–Kier alpha value is -2.38. The second kappa shape index (κ2) is 11.9. The fourth-order valence-corrected chi connectivity index (χ4v) is 4.36. The van der Waals surface area contributed by atoms with Gasteiger partial charge in [0, 0.05) is 30.3 Å². The van der Waals surface area contributed by atoms with E-state index in [1.807, 2.05) is 30.5 Å². The Labute approximate surface area is 187 Å². The number of hydrogen-bond acceptors (Lipinski definition) is 4. The normalized spacial score (nSPS) is 14.9. The summed E-state index contributed by atoms with van der Waals surface area (Å²) in [6, 6.07) is 14.4. The van der Waals surface area contributed by atoms with Crippen molar-refractivity contribution < 1.29 is 14.0 Å². The number of carbonyl (C=O) groups is 2. The molecule has 1 fully saturated rings. The van der Waals surface area contributed by atoms with Crippen LogP contribution in [-0.2, 0) is 16.0 Å². The average molecular weight is 444 g/mol. The summed E-state index contributed by atoms with van der Waals surface area (Å²) >= 11 is 1.61. The predicted octanol–water partition coefficient (Wildman–Crippen LogP) is 3.95. The minimum atomic E-state index is -0.231. The summed E-state index contributed by atoms with van der Waals surface area (Å²) in [5, 5.41) is 5.93. The van der Waals surface area contributed by atoms with Crippen molar-refractivity contribution in [3.63, 3.8) is 0 Å². The standard InChI is InChI=1S/C24H30FN3O2S/c1-31-22-9-5-4-8-21(22)27-23(29)13-17-28-15-11-19(12-16-28)24(30)26-14-10-18-6-2-3-7-20(18)25/h2-9,19H,10-17H2,1H3,(H,26,30)(H,27,29). The molecular formula is C24H30FN3O2S. The molecule has 1 heterocycles. The Balaban J connectivity index is 1.34.